The second-order valence-corrected chi connectivity index (χ2v) is 6.25. The molecule has 7 nitrogen and oxygen atoms in total. The van der Waals surface area contributed by atoms with Crippen molar-refractivity contribution in [3.05, 3.63) is 77.9 Å². The van der Waals surface area contributed by atoms with Crippen LogP contribution in [0.15, 0.2) is 60.9 Å². The smallest absolute Gasteiger partial charge is 0.274 e. The zero-order valence-electron chi connectivity index (χ0n) is 15.6. The summed E-state index contributed by atoms with van der Waals surface area (Å²) in [4.78, 5) is 22.6. The van der Waals surface area contributed by atoms with Gasteiger partial charge in [0.2, 0.25) is 0 Å². The van der Waals surface area contributed by atoms with Crippen molar-refractivity contribution < 1.29 is 4.79 Å². The number of benzene rings is 1. The molecule has 0 aliphatic rings. The van der Waals surface area contributed by atoms with Crippen LogP contribution in [0, 0.1) is 17.7 Å². The standard InChI is InChI=1S/C21H20N6O/c1-14-9-17(16-6-4-8-24-12-16)11-19(25-14)21(28)26-18-7-3-5-15(10-18)20(23)27(2)13-22/h3-13,22-23H,1-2H3,(H,26,28). The molecule has 0 saturated carbocycles. The van der Waals surface area contributed by atoms with Gasteiger partial charge in [0.1, 0.15) is 11.5 Å². The van der Waals surface area contributed by atoms with Crippen LogP contribution < -0.4 is 5.32 Å². The molecule has 3 rings (SSSR count). The van der Waals surface area contributed by atoms with Crippen molar-refractivity contribution in [1.82, 2.24) is 14.9 Å². The lowest BCUT2D eigenvalue weighted by Crippen LogP contribution is -2.24. The number of anilines is 1. The Kier molecular flexibility index (Phi) is 5.55. The number of amides is 1. The minimum atomic E-state index is -0.335. The van der Waals surface area contributed by atoms with Gasteiger partial charge in [-0.1, -0.05) is 18.2 Å². The molecule has 140 valence electrons. The number of rotatable bonds is 5. The van der Waals surface area contributed by atoms with Gasteiger partial charge in [-0.05, 0) is 42.8 Å². The number of carbonyl (C=O) groups is 1. The van der Waals surface area contributed by atoms with Gasteiger partial charge in [-0.15, -0.1) is 0 Å². The summed E-state index contributed by atoms with van der Waals surface area (Å²) < 4.78 is 0. The molecule has 0 aliphatic carbocycles. The molecule has 1 aromatic carbocycles. The SMILES string of the molecule is Cc1cc(-c2cccnc2)cc(C(=O)Nc2cccc(C(=N)N(C)C=N)c2)n1. The lowest BCUT2D eigenvalue weighted by molar-refractivity contribution is 0.102. The summed E-state index contributed by atoms with van der Waals surface area (Å²) in [6.07, 6.45) is 4.50. The van der Waals surface area contributed by atoms with Crippen molar-refractivity contribution in [3.8, 4) is 11.1 Å². The fraction of sp³-hybridized carbons (Fsp3) is 0.0952. The lowest BCUT2D eigenvalue weighted by atomic mass is 10.1. The summed E-state index contributed by atoms with van der Waals surface area (Å²) in [6.45, 7) is 1.84. The van der Waals surface area contributed by atoms with Crippen LogP contribution in [0.1, 0.15) is 21.7 Å². The number of hydrogen-bond acceptors (Lipinski definition) is 5. The highest BCUT2D eigenvalue weighted by molar-refractivity contribution is 6.06. The number of aryl methyl sites for hydroxylation is 1. The Morgan fingerprint density at radius 1 is 1.14 bits per heavy atom. The molecule has 0 fully saturated rings. The highest BCUT2D eigenvalue weighted by Crippen LogP contribution is 2.20. The zero-order chi connectivity index (χ0) is 20.1. The first-order valence-electron chi connectivity index (χ1n) is 8.61. The number of amidine groups is 1. The highest BCUT2D eigenvalue weighted by Gasteiger charge is 2.12. The van der Waals surface area contributed by atoms with Gasteiger partial charge >= 0.3 is 0 Å². The first-order valence-corrected chi connectivity index (χ1v) is 8.61. The van der Waals surface area contributed by atoms with E-state index in [0.29, 0.717) is 16.9 Å². The van der Waals surface area contributed by atoms with E-state index in [1.165, 1.54) is 4.90 Å². The van der Waals surface area contributed by atoms with Crippen LogP contribution in [0.5, 0.6) is 0 Å². The van der Waals surface area contributed by atoms with Gasteiger partial charge in [0.25, 0.3) is 5.91 Å². The number of nitrogens with one attached hydrogen (secondary N) is 3. The molecule has 0 unspecified atom stereocenters. The van der Waals surface area contributed by atoms with Gasteiger partial charge in [0.05, 0.1) is 6.34 Å². The number of pyridine rings is 2. The topological polar surface area (TPSA) is 106 Å². The molecule has 0 spiro atoms. The van der Waals surface area contributed by atoms with Gasteiger partial charge < -0.3 is 10.2 Å². The largest absolute Gasteiger partial charge is 0.321 e. The normalized spacial score (nSPS) is 10.2. The molecule has 3 aromatic rings. The molecule has 1 amide bonds. The quantitative estimate of drug-likeness (QED) is 0.470. The molecule has 2 aromatic heterocycles. The maximum atomic E-state index is 12.7. The van der Waals surface area contributed by atoms with Gasteiger partial charge in [0.15, 0.2) is 0 Å². The first kappa shape index (κ1) is 18.9. The predicted octanol–water partition coefficient (Wildman–Crippen LogP) is 3.57. The van der Waals surface area contributed by atoms with Crippen LogP contribution in [0.4, 0.5) is 5.69 Å². The average Bonchev–Trinajstić information content (AvgIpc) is 2.73. The van der Waals surface area contributed by atoms with Crippen LogP contribution in [0.25, 0.3) is 11.1 Å². The molecule has 0 atom stereocenters. The maximum absolute atomic E-state index is 12.7. The number of hydrogen-bond donors (Lipinski definition) is 3. The Hall–Kier alpha value is -3.87. The Bertz CT molecular complexity index is 1030. The van der Waals surface area contributed by atoms with E-state index in [-0.39, 0.29) is 11.7 Å². The van der Waals surface area contributed by atoms with Gasteiger partial charge in [-0.3, -0.25) is 20.6 Å². The summed E-state index contributed by atoms with van der Waals surface area (Å²) >= 11 is 0. The molecule has 0 aliphatic heterocycles. The van der Waals surface area contributed by atoms with Crippen molar-refractivity contribution >= 4 is 23.8 Å². The third-order valence-electron chi connectivity index (χ3n) is 4.12. The van der Waals surface area contributed by atoms with E-state index in [9.17, 15) is 4.79 Å². The second kappa shape index (κ2) is 8.22. The third-order valence-corrected chi connectivity index (χ3v) is 4.12. The molecular formula is C21H20N6O. The van der Waals surface area contributed by atoms with E-state index in [1.807, 2.05) is 25.1 Å². The van der Waals surface area contributed by atoms with E-state index in [1.54, 1.807) is 49.8 Å². The van der Waals surface area contributed by atoms with E-state index < -0.39 is 0 Å². The van der Waals surface area contributed by atoms with Crippen molar-refractivity contribution in [2.45, 2.75) is 6.92 Å². The van der Waals surface area contributed by atoms with Crippen molar-refractivity contribution in [1.29, 1.82) is 10.8 Å². The molecule has 3 N–H and O–H groups in total. The Balaban J connectivity index is 1.85. The van der Waals surface area contributed by atoms with Crippen LogP contribution in [-0.2, 0) is 0 Å². The van der Waals surface area contributed by atoms with Gasteiger partial charge in [0, 0.05) is 41.9 Å². The van der Waals surface area contributed by atoms with E-state index in [2.05, 4.69) is 15.3 Å². The molecule has 0 radical (unpaired) electrons. The van der Waals surface area contributed by atoms with Crippen molar-refractivity contribution in [2.75, 3.05) is 12.4 Å². The van der Waals surface area contributed by atoms with Crippen LogP contribution in [0.2, 0.25) is 0 Å². The summed E-state index contributed by atoms with van der Waals surface area (Å²) in [5, 5.41) is 18.2. The Labute approximate surface area is 163 Å². The molecule has 0 bridgehead atoms. The van der Waals surface area contributed by atoms with Crippen LogP contribution >= 0.6 is 0 Å². The van der Waals surface area contributed by atoms with Crippen LogP contribution in [0.3, 0.4) is 0 Å². The fourth-order valence-corrected chi connectivity index (χ4v) is 2.69. The average molecular weight is 372 g/mol. The van der Waals surface area contributed by atoms with E-state index >= 15 is 0 Å². The third kappa shape index (κ3) is 4.27. The summed E-state index contributed by atoms with van der Waals surface area (Å²) in [6, 6.07) is 14.4. The molecule has 7 heteroatoms. The van der Waals surface area contributed by atoms with Gasteiger partial charge in [-0.2, -0.15) is 0 Å². The van der Waals surface area contributed by atoms with E-state index in [4.69, 9.17) is 10.8 Å². The fourth-order valence-electron chi connectivity index (χ4n) is 2.69. The monoisotopic (exact) mass is 372 g/mol. The Morgan fingerprint density at radius 2 is 1.96 bits per heavy atom. The zero-order valence-corrected chi connectivity index (χ0v) is 15.6. The Morgan fingerprint density at radius 3 is 2.68 bits per heavy atom. The molecule has 2 heterocycles. The maximum Gasteiger partial charge on any atom is 0.274 e. The molecular weight excluding hydrogens is 352 g/mol. The number of carbonyl (C=O) groups excluding carboxylic acids is 1. The highest BCUT2D eigenvalue weighted by atomic mass is 16.1. The van der Waals surface area contributed by atoms with E-state index in [0.717, 1.165) is 23.2 Å². The minimum Gasteiger partial charge on any atom is -0.321 e. The number of nitrogens with zero attached hydrogens (tertiary/aromatic N) is 3. The summed E-state index contributed by atoms with van der Waals surface area (Å²) in [7, 11) is 1.62. The molecule has 0 saturated heterocycles. The predicted molar refractivity (Wildman–Crippen MR) is 110 cm³/mol. The van der Waals surface area contributed by atoms with Gasteiger partial charge in [-0.25, -0.2) is 4.98 Å². The first-order chi connectivity index (χ1) is 13.5. The van der Waals surface area contributed by atoms with Crippen LogP contribution in [-0.4, -0.2) is 40.0 Å². The summed E-state index contributed by atoms with van der Waals surface area (Å²) in [5.74, 6) is -0.170. The van der Waals surface area contributed by atoms with Crippen molar-refractivity contribution in [2.24, 2.45) is 0 Å². The number of aromatic nitrogens is 2. The second-order valence-electron chi connectivity index (χ2n) is 6.25. The summed E-state index contributed by atoms with van der Waals surface area (Å²) in [5.41, 5.74) is 3.96. The lowest BCUT2D eigenvalue weighted by Gasteiger charge is -2.14. The van der Waals surface area contributed by atoms with Crippen molar-refractivity contribution in [3.63, 3.8) is 0 Å². The minimum absolute atomic E-state index is 0.165. The molecule has 28 heavy (non-hydrogen) atoms.